The van der Waals surface area contributed by atoms with Crippen LogP contribution in [0.15, 0.2) is 60.2 Å². The highest BCUT2D eigenvalue weighted by atomic mass is 32.1. The molecule has 1 aliphatic rings. The van der Waals surface area contributed by atoms with Crippen molar-refractivity contribution in [1.82, 2.24) is 5.32 Å². The highest BCUT2D eigenvalue weighted by Crippen LogP contribution is 2.22. The molecule has 1 heterocycles. The fourth-order valence-corrected chi connectivity index (χ4v) is 2.89. The van der Waals surface area contributed by atoms with E-state index in [1.165, 1.54) is 10.5 Å². The molecule has 1 fully saturated rings. The van der Waals surface area contributed by atoms with Gasteiger partial charge in [0, 0.05) is 0 Å². The molecule has 5 heteroatoms. The van der Waals surface area contributed by atoms with Gasteiger partial charge in [0.05, 0.1) is 5.69 Å². The second-order valence-corrected chi connectivity index (χ2v) is 6.50. The Labute approximate surface area is 152 Å². The summed E-state index contributed by atoms with van der Waals surface area (Å²) in [5, 5.41) is 2.68. The highest BCUT2D eigenvalue weighted by molar-refractivity contribution is 7.80. The maximum Gasteiger partial charge on any atom is 0.270 e. The van der Waals surface area contributed by atoms with Crippen molar-refractivity contribution in [3.8, 4) is 0 Å². The molecule has 0 radical (unpaired) electrons. The zero-order chi connectivity index (χ0) is 18.0. The summed E-state index contributed by atoms with van der Waals surface area (Å²) in [6.07, 6.45) is 1.60. The number of rotatable bonds is 3. The van der Waals surface area contributed by atoms with Crippen LogP contribution in [0.3, 0.4) is 0 Å². The number of nitrogens with zero attached hydrogens (tertiary/aromatic N) is 1. The Morgan fingerprint density at radius 2 is 1.64 bits per heavy atom. The minimum Gasteiger partial charge on any atom is -0.298 e. The Kier molecular flexibility index (Phi) is 4.76. The molecule has 1 aliphatic heterocycles. The average molecular weight is 350 g/mol. The van der Waals surface area contributed by atoms with E-state index < -0.39 is 11.8 Å². The fourth-order valence-electron chi connectivity index (χ4n) is 2.61. The molecule has 126 valence electrons. The van der Waals surface area contributed by atoms with E-state index in [-0.39, 0.29) is 10.7 Å². The Balaban J connectivity index is 1.96. The third kappa shape index (κ3) is 3.51. The van der Waals surface area contributed by atoms with Crippen molar-refractivity contribution in [2.75, 3.05) is 4.90 Å². The van der Waals surface area contributed by atoms with Gasteiger partial charge in [-0.15, -0.1) is 0 Å². The van der Waals surface area contributed by atoms with Crippen LogP contribution in [-0.2, 0) is 9.59 Å². The number of carbonyl (C=O) groups excluding carboxylic acids is 2. The van der Waals surface area contributed by atoms with Crippen LogP contribution in [-0.4, -0.2) is 16.9 Å². The van der Waals surface area contributed by atoms with Crippen LogP contribution in [0.4, 0.5) is 5.69 Å². The van der Waals surface area contributed by atoms with E-state index >= 15 is 0 Å². The molecule has 0 spiro atoms. The van der Waals surface area contributed by atoms with Gasteiger partial charge in [0.2, 0.25) is 0 Å². The van der Waals surface area contributed by atoms with Crippen molar-refractivity contribution in [2.45, 2.75) is 19.8 Å². The number of benzene rings is 2. The second kappa shape index (κ2) is 6.99. The lowest BCUT2D eigenvalue weighted by molar-refractivity contribution is -0.122. The van der Waals surface area contributed by atoms with E-state index in [1.807, 2.05) is 42.5 Å². The number of hydrogen-bond acceptors (Lipinski definition) is 3. The van der Waals surface area contributed by atoms with Crippen LogP contribution in [0.2, 0.25) is 0 Å². The lowest BCUT2D eigenvalue weighted by atomic mass is 10.0. The average Bonchev–Trinajstić information content (AvgIpc) is 2.60. The van der Waals surface area contributed by atoms with Crippen molar-refractivity contribution >= 4 is 40.9 Å². The number of anilines is 1. The lowest BCUT2D eigenvalue weighted by Crippen LogP contribution is -2.54. The van der Waals surface area contributed by atoms with Gasteiger partial charge in [0.25, 0.3) is 11.8 Å². The standard InChI is InChI=1S/C20H18N2O2S/c1-13(2)15-10-8-14(9-11-15)12-17-18(23)21-20(25)22(19(17)24)16-6-4-3-5-7-16/h3-13H,1-2H3,(H,21,23,25)/b17-12+. The van der Waals surface area contributed by atoms with Gasteiger partial charge in [-0.3, -0.25) is 19.8 Å². The molecule has 2 amide bonds. The first-order chi connectivity index (χ1) is 12.0. The van der Waals surface area contributed by atoms with Crippen molar-refractivity contribution < 1.29 is 9.59 Å². The summed E-state index contributed by atoms with van der Waals surface area (Å²) in [6.45, 7) is 4.23. The van der Waals surface area contributed by atoms with Gasteiger partial charge < -0.3 is 0 Å². The van der Waals surface area contributed by atoms with Crippen LogP contribution in [0.1, 0.15) is 30.9 Å². The molecule has 4 nitrogen and oxygen atoms in total. The zero-order valence-corrected chi connectivity index (χ0v) is 14.8. The maximum absolute atomic E-state index is 12.8. The number of nitrogens with one attached hydrogen (secondary N) is 1. The molecule has 3 rings (SSSR count). The molecular weight excluding hydrogens is 332 g/mol. The zero-order valence-electron chi connectivity index (χ0n) is 14.0. The van der Waals surface area contributed by atoms with Crippen LogP contribution in [0.25, 0.3) is 6.08 Å². The summed E-state index contributed by atoms with van der Waals surface area (Å²) in [6, 6.07) is 16.8. The monoisotopic (exact) mass is 350 g/mol. The third-order valence-electron chi connectivity index (χ3n) is 4.03. The Bertz CT molecular complexity index is 855. The summed E-state index contributed by atoms with van der Waals surface area (Å²) >= 11 is 5.17. The molecule has 0 atom stereocenters. The number of hydrogen-bond donors (Lipinski definition) is 1. The number of carbonyl (C=O) groups is 2. The molecule has 0 bridgehead atoms. The summed E-state index contributed by atoms with van der Waals surface area (Å²) in [4.78, 5) is 26.4. The smallest absolute Gasteiger partial charge is 0.270 e. The van der Waals surface area contributed by atoms with Gasteiger partial charge in [-0.1, -0.05) is 56.3 Å². The molecule has 0 aliphatic carbocycles. The summed E-state index contributed by atoms with van der Waals surface area (Å²) < 4.78 is 0. The summed E-state index contributed by atoms with van der Waals surface area (Å²) in [7, 11) is 0. The Hall–Kier alpha value is -2.79. The van der Waals surface area contributed by atoms with E-state index in [1.54, 1.807) is 18.2 Å². The molecule has 25 heavy (non-hydrogen) atoms. The normalized spacial score (nSPS) is 16.5. The second-order valence-electron chi connectivity index (χ2n) is 6.11. The van der Waals surface area contributed by atoms with Crippen LogP contribution in [0, 0.1) is 0 Å². The first-order valence-corrected chi connectivity index (χ1v) is 8.44. The highest BCUT2D eigenvalue weighted by Gasteiger charge is 2.34. The van der Waals surface area contributed by atoms with Gasteiger partial charge in [-0.2, -0.15) is 0 Å². The topological polar surface area (TPSA) is 49.4 Å². The molecule has 2 aromatic rings. The van der Waals surface area contributed by atoms with Crippen LogP contribution >= 0.6 is 12.2 Å². The predicted octanol–water partition coefficient (Wildman–Crippen LogP) is 3.64. The minimum absolute atomic E-state index is 0.0646. The largest absolute Gasteiger partial charge is 0.298 e. The Morgan fingerprint density at radius 3 is 2.24 bits per heavy atom. The molecule has 2 aromatic carbocycles. The van der Waals surface area contributed by atoms with E-state index in [0.717, 1.165) is 5.56 Å². The van der Waals surface area contributed by atoms with Gasteiger partial charge in [-0.05, 0) is 47.5 Å². The van der Waals surface area contributed by atoms with E-state index in [9.17, 15) is 9.59 Å². The molecule has 0 aromatic heterocycles. The van der Waals surface area contributed by atoms with Gasteiger partial charge in [0.1, 0.15) is 5.57 Å². The SMILES string of the molecule is CC(C)c1ccc(/C=C2\C(=O)NC(=S)N(c3ccccc3)C2=O)cc1. The quantitative estimate of drug-likeness (QED) is 0.522. The first-order valence-electron chi connectivity index (χ1n) is 8.04. The minimum atomic E-state index is -0.477. The van der Waals surface area contributed by atoms with Gasteiger partial charge in [0.15, 0.2) is 5.11 Å². The van der Waals surface area contributed by atoms with Crippen molar-refractivity contribution in [3.05, 3.63) is 71.3 Å². The van der Waals surface area contributed by atoms with Gasteiger partial charge >= 0.3 is 0 Å². The van der Waals surface area contributed by atoms with E-state index in [0.29, 0.717) is 11.6 Å². The van der Waals surface area contributed by atoms with Crippen molar-refractivity contribution in [2.24, 2.45) is 0 Å². The van der Waals surface area contributed by atoms with Crippen molar-refractivity contribution in [3.63, 3.8) is 0 Å². The summed E-state index contributed by atoms with van der Waals surface area (Å²) in [5.41, 5.74) is 2.69. The molecule has 1 N–H and O–H groups in total. The van der Waals surface area contributed by atoms with Crippen LogP contribution < -0.4 is 10.2 Å². The first kappa shape index (κ1) is 17.0. The third-order valence-corrected chi connectivity index (χ3v) is 4.31. The fraction of sp³-hybridized carbons (Fsp3) is 0.150. The molecule has 0 unspecified atom stereocenters. The molecular formula is C20H18N2O2S. The van der Waals surface area contributed by atoms with Gasteiger partial charge in [-0.25, -0.2) is 0 Å². The molecule has 1 saturated heterocycles. The Morgan fingerprint density at radius 1 is 1.00 bits per heavy atom. The van der Waals surface area contributed by atoms with Crippen molar-refractivity contribution in [1.29, 1.82) is 0 Å². The maximum atomic E-state index is 12.8. The lowest BCUT2D eigenvalue weighted by Gasteiger charge is -2.28. The van der Waals surface area contributed by atoms with E-state index in [2.05, 4.69) is 19.2 Å². The molecule has 0 saturated carbocycles. The number of amides is 2. The van der Waals surface area contributed by atoms with E-state index in [4.69, 9.17) is 12.2 Å². The summed E-state index contributed by atoms with van der Waals surface area (Å²) in [5.74, 6) is -0.477. The predicted molar refractivity (Wildman–Crippen MR) is 103 cm³/mol. The van der Waals surface area contributed by atoms with Crippen LogP contribution in [0.5, 0.6) is 0 Å². The number of para-hydroxylation sites is 1. The number of thiocarbonyl (C=S) groups is 1.